The summed E-state index contributed by atoms with van der Waals surface area (Å²) >= 11 is 11.9. The average Bonchev–Trinajstić information content (AvgIpc) is 2.13. The number of anilines is 1. The Morgan fingerprint density at radius 1 is 1.15 bits per heavy atom. The van der Waals surface area contributed by atoms with Crippen LogP contribution in [0.25, 0.3) is 0 Å². The lowest BCUT2D eigenvalue weighted by Crippen LogP contribution is -2.22. The lowest BCUT2D eigenvalue weighted by Gasteiger charge is -2.22. The first-order valence-electron chi connectivity index (χ1n) is 4.39. The molecule has 0 radical (unpaired) electrons. The van der Waals surface area contributed by atoms with E-state index in [1.807, 2.05) is 12.1 Å². The standard InChI is InChI=1S/C10H13Cl2N/c1-3-13(4-2)10-7-8(11)5-6-9(10)12/h5-7H,3-4H2,1-2H3. The summed E-state index contributed by atoms with van der Waals surface area (Å²) in [6, 6.07) is 5.53. The highest BCUT2D eigenvalue weighted by atomic mass is 35.5. The van der Waals surface area contributed by atoms with E-state index in [4.69, 9.17) is 23.2 Å². The number of rotatable bonds is 3. The van der Waals surface area contributed by atoms with Gasteiger partial charge in [0.1, 0.15) is 0 Å². The van der Waals surface area contributed by atoms with E-state index in [1.54, 1.807) is 6.07 Å². The van der Waals surface area contributed by atoms with E-state index in [0.717, 1.165) is 28.8 Å². The second-order valence-electron chi connectivity index (χ2n) is 2.77. The van der Waals surface area contributed by atoms with Gasteiger partial charge in [-0.1, -0.05) is 23.2 Å². The van der Waals surface area contributed by atoms with E-state index in [1.165, 1.54) is 0 Å². The summed E-state index contributed by atoms with van der Waals surface area (Å²) in [5.74, 6) is 0. The van der Waals surface area contributed by atoms with Crippen molar-refractivity contribution in [3.05, 3.63) is 28.2 Å². The number of hydrogen-bond acceptors (Lipinski definition) is 1. The fraction of sp³-hybridized carbons (Fsp3) is 0.400. The molecule has 0 heterocycles. The minimum absolute atomic E-state index is 0.728. The van der Waals surface area contributed by atoms with Crippen LogP contribution in [0, 0.1) is 0 Å². The molecule has 0 spiro atoms. The van der Waals surface area contributed by atoms with E-state index < -0.39 is 0 Å². The third-order valence-electron chi connectivity index (χ3n) is 2.01. The maximum absolute atomic E-state index is 6.05. The summed E-state index contributed by atoms with van der Waals surface area (Å²) in [5, 5.41) is 1.49. The van der Waals surface area contributed by atoms with Gasteiger partial charge in [-0.25, -0.2) is 0 Å². The molecule has 0 saturated carbocycles. The van der Waals surface area contributed by atoms with Crippen LogP contribution < -0.4 is 4.90 Å². The van der Waals surface area contributed by atoms with Gasteiger partial charge in [0.05, 0.1) is 10.7 Å². The van der Waals surface area contributed by atoms with Crippen LogP contribution in [-0.4, -0.2) is 13.1 Å². The van der Waals surface area contributed by atoms with Crippen LogP contribution in [0.15, 0.2) is 18.2 Å². The van der Waals surface area contributed by atoms with Crippen molar-refractivity contribution in [1.82, 2.24) is 0 Å². The lowest BCUT2D eigenvalue weighted by molar-refractivity contribution is 0.866. The van der Waals surface area contributed by atoms with Crippen molar-refractivity contribution in [3.8, 4) is 0 Å². The SMILES string of the molecule is CCN(CC)c1cc(Cl)ccc1Cl. The molecule has 0 N–H and O–H groups in total. The van der Waals surface area contributed by atoms with Crippen molar-refractivity contribution in [2.45, 2.75) is 13.8 Å². The zero-order chi connectivity index (χ0) is 9.84. The second-order valence-corrected chi connectivity index (χ2v) is 3.61. The van der Waals surface area contributed by atoms with Crippen LogP contribution in [0.1, 0.15) is 13.8 Å². The van der Waals surface area contributed by atoms with E-state index >= 15 is 0 Å². The van der Waals surface area contributed by atoms with Gasteiger partial charge in [-0.2, -0.15) is 0 Å². The predicted molar refractivity (Wildman–Crippen MR) is 60.0 cm³/mol. The molecule has 0 aliphatic heterocycles. The molecule has 0 aliphatic carbocycles. The third-order valence-corrected chi connectivity index (χ3v) is 2.57. The quantitative estimate of drug-likeness (QED) is 0.744. The second kappa shape index (κ2) is 4.73. The highest BCUT2D eigenvalue weighted by molar-refractivity contribution is 6.35. The van der Waals surface area contributed by atoms with Gasteiger partial charge in [0, 0.05) is 18.1 Å². The Kier molecular flexibility index (Phi) is 3.89. The fourth-order valence-corrected chi connectivity index (χ4v) is 1.70. The van der Waals surface area contributed by atoms with Crippen LogP contribution in [0.5, 0.6) is 0 Å². The molecule has 0 fully saturated rings. The van der Waals surface area contributed by atoms with Gasteiger partial charge in [-0.15, -0.1) is 0 Å². The smallest absolute Gasteiger partial charge is 0.0640 e. The molecule has 1 rings (SSSR count). The van der Waals surface area contributed by atoms with Gasteiger partial charge in [-0.05, 0) is 32.0 Å². The molecule has 1 aromatic carbocycles. The topological polar surface area (TPSA) is 3.24 Å². The molecule has 3 heteroatoms. The van der Waals surface area contributed by atoms with Crippen LogP contribution in [-0.2, 0) is 0 Å². The van der Waals surface area contributed by atoms with Crippen molar-refractivity contribution in [2.75, 3.05) is 18.0 Å². The molecule has 0 aromatic heterocycles. The Morgan fingerprint density at radius 2 is 1.77 bits per heavy atom. The average molecular weight is 218 g/mol. The van der Waals surface area contributed by atoms with Crippen LogP contribution in [0.3, 0.4) is 0 Å². The normalized spacial score (nSPS) is 10.2. The van der Waals surface area contributed by atoms with E-state index in [0.29, 0.717) is 0 Å². The maximum Gasteiger partial charge on any atom is 0.0640 e. The van der Waals surface area contributed by atoms with E-state index in [-0.39, 0.29) is 0 Å². The van der Waals surface area contributed by atoms with Crippen molar-refractivity contribution < 1.29 is 0 Å². The molecule has 0 unspecified atom stereocenters. The Bertz CT molecular complexity index is 282. The molecule has 0 saturated heterocycles. The van der Waals surface area contributed by atoms with Crippen LogP contribution in [0.4, 0.5) is 5.69 Å². The van der Waals surface area contributed by atoms with Gasteiger partial charge in [0.25, 0.3) is 0 Å². The molecular weight excluding hydrogens is 205 g/mol. The minimum Gasteiger partial charge on any atom is -0.371 e. The molecule has 0 aliphatic rings. The summed E-state index contributed by atoms with van der Waals surface area (Å²) in [6.45, 7) is 6.08. The van der Waals surface area contributed by atoms with Crippen LogP contribution in [0.2, 0.25) is 10.0 Å². The van der Waals surface area contributed by atoms with Gasteiger partial charge in [0.15, 0.2) is 0 Å². The highest BCUT2D eigenvalue weighted by Crippen LogP contribution is 2.28. The molecule has 1 aromatic rings. The summed E-state index contributed by atoms with van der Waals surface area (Å²) in [7, 11) is 0. The molecule has 0 bridgehead atoms. The van der Waals surface area contributed by atoms with E-state index in [2.05, 4.69) is 18.7 Å². The Morgan fingerprint density at radius 3 is 2.31 bits per heavy atom. The lowest BCUT2D eigenvalue weighted by atomic mass is 10.3. The first kappa shape index (κ1) is 10.7. The number of nitrogens with zero attached hydrogens (tertiary/aromatic N) is 1. The number of halogens is 2. The summed E-state index contributed by atoms with van der Waals surface area (Å²) in [6.07, 6.45) is 0. The zero-order valence-corrected chi connectivity index (χ0v) is 9.36. The van der Waals surface area contributed by atoms with Crippen LogP contribution >= 0.6 is 23.2 Å². The van der Waals surface area contributed by atoms with E-state index in [9.17, 15) is 0 Å². The monoisotopic (exact) mass is 217 g/mol. The fourth-order valence-electron chi connectivity index (χ4n) is 1.29. The third kappa shape index (κ3) is 2.52. The van der Waals surface area contributed by atoms with Gasteiger partial charge in [0.2, 0.25) is 0 Å². The summed E-state index contributed by atoms with van der Waals surface area (Å²) in [5.41, 5.74) is 1.01. The van der Waals surface area contributed by atoms with Crippen molar-refractivity contribution in [3.63, 3.8) is 0 Å². The molecule has 72 valence electrons. The summed E-state index contributed by atoms with van der Waals surface area (Å²) < 4.78 is 0. The van der Waals surface area contributed by atoms with Gasteiger partial charge >= 0.3 is 0 Å². The van der Waals surface area contributed by atoms with Gasteiger partial charge in [-0.3, -0.25) is 0 Å². The van der Waals surface area contributed by atoms with Gasteiger partial charge < -0.3 is 4.90 Å². The van der Waals surface area contributed by atoms with Crippen molar-refractivity contribution >= 4 is 28.9 Å². The Balaban J connectivity index is 3.03. The first-order chi connectivity index (χ1) is 6.19. The molecule has 0 amide bonds. The van der Waals surface area contributed by atoms with Crippen molar-refractivity contribution in [2.24, 2.45) is 0 Å². The maximum atomic E-state index is 6.05. The minimum atomic E-state index is 0.728. The predicted octanol–water partition coefficient (Wildman–Crippen LogP) is 3.84. The number of hydrogen-bond donors (Lipinski definition) is 0. The molecule has 0 atom stereocenters. The summed E-state index contributed by atoms with van der Waals surface area (Å²) in [4.78, 5) is 2.17. The van der Waals surface area contributed by atoms with Crippen molar-refractivity contribution in [1.29, 1.82) is 0 Å². The zero-order valence-electron chi connectivity index (χ0n) is 7.85. The molecule has 13 heavy (non-hydrogen) atoms. The highest BCUT2D eigenvalue weighted by Gasteiger charge is 2.06. The first-order valence-corrected chi connectivity index (χ1v) is 5.14. The largest absolute Gasteiger partial charge is 0.371 e. The molecular formula is C10H13Cl2N. The Hall–Kier alpha value is -0.400. The number of benzene rings is 1. The Labute approximate surface area is 89.3 Å². The molecule has 1 nitrogen and oxygen atoms in total.